The van der Waals surface area contributed by atoms with E-state index in [1.54, 1.807) is 0 Å². The zero-order valence-electron chi connectivity index (χ0n) is 10.8. The molecule has 2 aromatic rings. The molecule has 0 aliphatic carbocycles. The van der Waals surface area contributed by atoms with Gasteiger partial charge in [0.15, 0.2) is 0 Å². The van der Waals surface area contributed by atoms with Gasteiger partial charge in [-0.2, -0.15) is 0 Å². The van der Waals surface area contributed by atoms with Crippen molar-refractivity contribution in [2.75, 3.05) is 6.54 Å². The number of rotatable bonds is 4. The smallest absolute Gasteiger partial charge is 0.123 e. The summed E-state index contributed by atoms with van der Waals surface area (Å²) in [5.41, 5.74) is 3.58. The van der Waals surface area contributed by atoms with Crippen LogP contribution in [0.4, 0.5) is 4.39 Å². The molecule has 2 heteroatoms. The van der Waals surface area contributed by atoms with Crippen molar-refractivity contribution in [3.8, 4) is 0 Å². The second-order valence-electron chi connectivity index (χ2n) is 4.40. The summed E-state index contributed by atoms with van der Waals surface area (Å²) in [5, 5.41) is 3.45. The monoisotopic (exact) mass is 243 g/mol. The molecule has 0 aromatic heterocycles. The van der Waals surface area contributed by atoms with Crippen molar-refractivity contribution in [3.05, 3.63) is 71.0 Å². The molecule has 0 fully saturated rings. The first-order chi connectivity index (χ1) is 8.72. The van der Waals surface area contributed by atoms with Crippen molar-refractivity contribution >= 4 is 0 Å². The van der Waals surface area contributed by atoms with Crippen LogP contribution < -0.4 is 5.32 Å². The molecular weight excluding hydrogens is 225 g/mol. The molecule has 0 radical (unpaired) electrons. The molecule has 0 aliphatic rings. The first-order valence-electron chi connectivity index (χ1n) is 6.26. The fourth-order valence-corrected chi connectivity index (χ4v) is 2.18. The summed E-state index contributed by atoms with van der Waals surface area (Å²) in [5.74, 6) is -0.196. The third-order valence-electron chi connectivity index (χ3n) is 3.11. The molecule has 1 unspecified atom stereocenters. The van der Waals surface area contributed by atoms with E-state index in [2.05, 4.69) is 31.3 Å². The molecule has 2 rings (SSSR count). The summed E-state index contributed by atoms with van der Waals surface area (Å²) in [7, 11) is 0. The Labute approximate surface area is 108 Å². The molecule has 0 spiro atoms. The molecule has 0 aliphatic heterocycles. The van der Waals surface area contributed by atoms with Gasteiger partial charge in [0.25, 0.3) is 0 Å². The number of hydrogen-bond donors (Lipinski definition) is 1. The van der Waals surface area contributed by atoms with Crippen LogP contribution in [0.25, 0.3) is 0 Å². The lowest BCUT2D eigenvalue weighted by molar-refractivity contribution is 0.612. The van der Waals surface area contributed by atoms with E-state index in [-0.39, 0.29) is 11.9 Å². The highest BCUT2D eigenvalue weighted by Crippen LogP contribution is 2.24. The Kier molecular flexibility index (Phi) is 4.11. The van der Waals surface area contributed by atoms with Crippen LogP contribution in [0, 0.1) is 12.7 Å². The Morgan fingerprint density at radius 1 is 1.06 bits per heavy atom. The van der Waals surface area contributed by atoms with Gasteiger partial charge in [-0.3, -0.25) is 0 Å². The summed E-state index contributed by atoms with van der Waals surface area (Å²) < 4.78 is 13.0. The van der Waals surface area contributed by atoms with E-state index < -0.39 is 0 Å². The number of aryl methyl sites for hydroxylation is 1. The third kappa shape index (κ3) is 2.77. The van der Waals surface area contributed by atoms with Crippen molar-refractivity contribution in [2.24, 2.45) is 0 Å². The predicted octanol–water partition coefficient (Wildman–Crippen LogP) is 3.83. The molecule has 1 atom stereocenters. The first-order valence-corrected chi connectivity index (χ1v) is 6.26. The Morgan fingerprint density at radius 2 is 1.72 bits per heavy atom. The highest BCUT2D eigenvalue weighted by molar-refractivity contribution is 5.36. The molecule has 0 bridgehead atoms. The van der Waals surface area contributed by atoms with E-state index in [1.807, 2.05) is 24.3 Å². The summed E-state index contributed by atoms with van der Waals surface area (Å²) in [6.07, 6.45) is 0. The molecule has 18 heavy (non-hydrogen) atoms. The zero-order valence-corrected chi connectivity index (χ0v) is 10.8. The third-order valence-corrected chi connectivity index (χ3v) is 3.11. The predicted molar refractivity (Wildman–Crippen MR) is 73.1 cm³/mol. The molecule has 0 saturated carbocycles. The first kappa shape index (κ1) is 12.8. The normalized spacial score (nSPS) is 12.4. The van der Waals surface area contributed by atoms with Gasteiger partial charge in [-0.05, 0) is 42.3 Å². The minimum absolute atomic E-state index is 0.122. The maximum atomic E-state index is 13.0. The van der Waals surface area contributed by atoms with Crippen molar-refractivity contribution < 1.29 is 4.39 Å². The van der Waals surface area contributed by atoms with E-state index >= 15 is 0 Å². The molecular formula is C16H18FN. The standard InChI is InChI=1S/C16H18FN/c1-3-18-16(13-8-10-14(17)11-9-13)15-7-5-4-6-12(15)2/h4-11,16,18H,3H2,1-2H3. The summed E-state index contributed by atoms with van der Waals surface area (Å²) in [6.45, 7) is 5.05. The number of nitrogens with one attached hydrogen (secondary N) is 1. The van der Waals surface area contributed by atoms with Crippen LogP contribution >= 0.6 is 0 Å². The number of halogens is 1. The number of hydrogen-bond acceptors (Lipinski definition) is 1. The topological polar surface area (TPSA) is 12.0 Å². The summed E-state index contributed by atoms with van der Waals surface area (Å²) in [6, 6.07) is 15.1. The molecule has 1 nitrogen and oxygen atoms in total. The summed E-state index contributed by atoms with van der Waals surface area (Å²) >= 11 is 0. The average molecular weight is 243 g/mol. The Bertz CT molecular complexity index is 505. The fourth-order valence-electron chi connectivity index (χ4n) is 2.18. The maximum absolute atomic E-state index is 13.0. The highest BCUT2D eigenvalue weighted by atomic mass is 19.1. The second kappa shape index (κ2) is 5.78. The van der Waals surface area contributed by atoms with Gasteiger partial charge >= 0.3 is 0 Å². The lowest BCUT2D eigenvalue weighted by atomic mass is 9.95. The lowest BCUT2D eigenvalue weighted by Crippen LogP contribution is -2.22. The van der Waals surface area contributed by atoms with Crippen molar-refractivity contribution in [1.29, 1.82) is 0 Å². The van der Waals surface area contributed by atoms with E-state index in [0.717, 1.165) is 12.1 Å². The molecule has 0 amide bonds. The van der Waals surface area contributed by atoms with Gasteiger partial charge < -0.3 is 5.32 Å². The van der Waals surface area contributed by atoms with Gasteiger partial charge in [0.1, 0.15) is 5.82 Å². The quantitative estimate of drug-likeness (QED) is 0.860. The Morgan fingerprint density at radius 3 is 2.33 bits per heavy atom. The van der Waals surface area contributed by atoms with Gasteiger partial charge in [0.2, 0.25) is 0 Å². The van der Waals surface area contributed by atoms with Crippen LogP contribution in [0.1, 0.15) is 29.7 Å². The van der Waals surface area contributed by atoms with Gasteiger partial charge in [0, 0.05) is 0 Å². The van der Waals surface area contributed by atoms with E-state index in [1.165, 1.54) is 23.3 Å². The molecule has 1 N–H and O–H groups in total. The van der Waals surface area contributed by atoms with Crippen LogP contribution in [-0.4, -0.2) is 6.54 Å². The second-order valence-corrected chi connectivity index (χ2v) is 4.40. The van der Waals surface area contributed by atoms with Crippen molar-refractivity contribution in [1.82, 2.24) is 5.32 Å². The van der Waals surface area contributed by atoms with Gasteiger partial charge in [-0.15, -0.1) is 0 Å². The van der Waals surface area contributed by atoms with Crippen molar-refractivity contribution in [3.63, 3.8) is 0 Å². The maximum Gasteiger partial charge on any atom is 0.123 e. The van der Waals surface area contributed by atoms with Crippen LogP contribution in [-0.2, 0) is 0 Å². The lowest BCUT2D eigenvalue weighted by Gasteiger charge is -2.20. The average Bonchev–Trinajstić information content (AvgIpc) is 2.38. The van der Waals surface area contributed by atoms with E-state index in [9.17, 15) is 4.39 Å². The summed E-state index contributed by atoms with van der Waals surface area (Å²) in [4.78, 5) is 0. The van der Waals surface area contributed by atoms with E-state index in [4.69, 9.17) is 0 Å². The fraction of sp³-hybridized carbons (Fsp3) is 0.250. The Balaban J connectivity index is 2.40. The van der Waals surface area contributed by atoms with Crippen molar-refractivity contribution in [2.45, 2.75) is 19.9 Å². The number of benzene rings is 2. The van der Waals surface area contributed by atoms with Crippen LogP contribution in [0.2, 0.25) is 0 Å². The van der Waals surface area contributed by atoms with Gasteiger partial charge in [-0.25, -0.2) is 4.39 Å². The molecule has 94 valence electrons. The minimum atomic E-state index is -0.196. The molecule has 0 heterocycles. The Hall–Kier alpha value is -1.67. The van der Waals surface area contributed by atoms with Gasteiger partial charge in [-0.1, -0.05) is 43.3 Å². The van der Waals surface area contributed by atoms with Crippen LogP contribution in [0.3, 0.4) is 0 Å². The highest BCUT2D eigenvalue weighted by Gasteiger charge is 2.14. The SMILES string of the molecule is CCNC(c1ccc(F)cc1)c1ccccc1C. The molecule has 0 saturated heterocycles. The van der Waals surface area contributed by atoms with Crippen LogP contribution in [0.5, 0.6) is 0 Å². The zero-order chi connectivity index (χ0) is 13.0. The minimum Gasteiger partial charge on any atom is -0.307 e. The molecule has 2 aromatic carbocycles. The van der Waals surface area contributed by atoms with Gasteiger partial charge in [0.05, 0.1) is 6.04 Å². The van der Waals surface area contributed by atoms with Crippen LogP contribution in [0.15, 0.2) is 48.5 Å². The largest absolute Gasteiger partial charge is 0.307 e. The van der Waals surface area contributed by atoms with E-state index in [0.29, 0.717) is 0 Å².